The predicted molar refractivity (Wildman–Crippen MR) is 65.4 cm³/mol. The van der Waals surface area contributed by atoms with Gasteiger partial charge in [0.05, 0.1) is 0 Å². The second-order valence-corrected chi connectivity index (χ2v) is 4.81. The second kappa shape index (κ2) is 4.86. The fourth-order valence-electron chi connectivity index (χ4n) is 2.48. The van der Waals surface area contributed by atoms with Crippen molar-refractivity contribution < 1.29 is 9.18 Å². The molecule has 1 aromatic carbocycles. The van der Waals surface area contributed by atoms with Crippen molar-refractivity contribution in [2.75, 3.05) is 13.1 Å². The van der Waals surface area contributed by atoms with Gasteiger partial charge in [-0.3, -0.25) is 4.79 Å². The van der Waals surface area contributed by atoms with E-state index in [1.165, 1.54) is 0 Å². The highest BCUT2D eigenvalue weighted by Crippen LogP contribution is 2.30. The summed E-state index contributed by atoms with van der Waals surface area (Å²) in [6.45, 7) is 5.06. The van der Waals surface area contributed by atoms with Gasteiger partial charge in [-0.2, -0.15) is 0 Å². The summed E-state index contributed by atoms with van der Waals surface area (Å²) >= 11 is 0. The van der Waals surface area contributed by atoms with E-state index in [0.29, 0.717) is 0 Å². The predicted octanol–water partition coefficient (Wildman–Crippen LogP) is 2.86. The van der Waals surface area contributed by atoms with Gasteiger partial charge in [0.1, 0.15) is 5.82 Å². The fraction of sp³-hybridized carbons (Fsp3) is 0.500. The summed E-state index contributed by atoms with van der Waals surface area (Å²) in [5.74, 6) is 0.260. The van der Waals surface area contributed by atoms with E-state index in [2.05, 4.69) is 0 Å². The molecule has 0 radical (unpaired) electrons. The third kappa shape index (κ3) is 2.65. The Balaban J connectivity index is 2.10. The number of amides is 1. The first-order valence-electron chi connectivity index (χ1n) is 6.09. The Kier molecular flexibility index (Phi) is 3.46. The van der Waals surface area contributed by atoms with E-state index in [1.54, 1.807) is 19.1 Å². The average Bonchev–Trinajstić information content (AvgIpc) is 2.32. The zero-order valence-corrected chi connectivity index (χ0v) is 10.4. The minimum atomic E-state index is -0.114. The number of carbonyl (C=O) groups excluding carboxylic acids is 1. The Morgan fingerprint density at radius 2 is 2.00 bits per heavy atom. The number of hydrogen-bond donors (Lipinski definition) is 0. The number of hydrogen-bond acceptors (Lipinski definition) is 1. The number of halogens is 1. The van der Waals surface area contributed by atoms with Crippen molar-refractivity contribution in [1.82, 2.24) is 4.90 Å². The van der Waals surface area contributed by atoms with Crippen molar-refractivity contribution in [3.05, 3.63) is 35.1 Å². The van der Waals surface area contributed by atoms with Crippen LogP contribution in [0.25, 0.3) is 0 Å². The Morgan fingerprint density at radius 3 is 2.59 bits per heavy atom. The van der Waals surface area contributed by atoms with E-state index in [1.807, 2.05) is 17.9 Å². The van der Waals surface area contributed by atoms with Crippen LogP contribution in [0.3, 0.4) is 0 Å². The fourth-order valence-corrected chi connectivity index (χ4v) is 2.48. The van der Waals surface area contributed by atoms with Gasteiger partial charge in [-0.05, 0) is 37.3 Å². The van der Waals surface area contributed by atoms with Gasteiger partial charge >= 0.3 is 0 Å². The van der Waals surface area contributed by atoms with Crippen LogP contribution in [-0.4, -0.2) is 23.9 Å². The standard InChI is InChI=1S/C14H18FNO/c1-10-3-4-14(15)13(9-10)12-5-7-16(8-6-12)11(2)17/h3-4,9,12H,5-8H2,1-2H3. The molecule has 0 unspecified atom stereocenters. The van der Waals surface area contributed by atoms with Gasteiger partial charge in [0.15, 0.2) is 0 Å². The summed E-state index contributed by atoms with van der Waals surface area (Å²) in [4.78, 5) is 13.1. The molecule has 1 amide bonds. The molecule has 0 saturated carbocycles. The molecule has 2 rings (SSSR count). The van der Waals surface area contributed by atoms with Crippen LogP contribution in [0.2, 0.25) is 0 Å². The summed E-state index contributed by atoms with van der Waals surface area (Å²) < 4.78 is 13.7. The van der Waals surface area contributed by atoms with E-state index in [9.17, 15) is 9.18 Å². The van der Waals surface area contributed by atoms with Gasteiger partial charge in [0.2, 0.25) is 5.91 Å². The highest BCUT2D eigenvalue weighted by molar-refractivity contribution is 5.73. The Morgan fingerprint density at radius 1 is 1.35 bits per heavy atom. The topological polar surface area (TPSA) is 20.3 Å². The van der Waals surface area contributed by atoms with Crippen LogP contribution in [0.1, 0.15) is 36.8 Å². The van der Waals surface area contributed by atoms with Gasteiger partial charge < -0.3 is 4.90 Å². The zero-order valence-electron chi connectivity index (χ0n) is 10.4. The molecule has 1 saturated heterocycles. The van der Waals surface area contributed by atoms with Crippen LogP contribution < -0.4 is 0 Å². The van der Waals surface area contributed by atoms with E-state index in [0.717, 1.165) is 37.1 Å². The summed E-state index contributed by atoms with van der Waals surface area (Å²) in [5, 5.41) is 0. The molecular formula is C14H18FNO. The van der Waals surface area contributed by atoms with E-state index >= 15 is 0 Å². The maximum absolute atomic E-state index is 13.7. The number of carbonyl (C=O) groups is 1. The Labute approximate surface area is 101 Å². The molecule has 0 spiro atoms. The summed E-state index contributed by atoms with van der Waals surface area (Å²) in [6, 6.07) is 5.27. The number of piperidine rings is 1. The van der Waals surface area contributed by atoms with E-state index < -0.39 is 0 Å². The Hall–Kier alpha value is -1.38. The smallest absolute Gasteiger partial charge is 0.219 e. The SMILES string of the molecule is CC(=O)N1CCC(c2cc(C)ccc2F)CC1. The molecule has 2 nitrogen and oxygen atoms in total. The van der Waals surface area contributed by atoms with Crippen LogP contribution in [0, 0.1) is 12.7 Å². The lowest BCUT2D eigenvalue weighted by atomic mass is 9.88. The highest BCUT2D eigenvalue weighted by atomic mass is 19.1. The first-order chi connectivity index (χ1) is 8.08. The third-order valence-electron chi connectivity index (χ3n) is 3.53. The van der Waals surface area contributed by atoms with Gasteiger partial charge in [-0.25, -0.2) is 4.39 Å². The second-order valence-electron chi connectivity index (χ2n) is 4.81. The molecule has 92 valence electrons. The number of rotatable bonds is 1. The van der Waals surface area contributed by atoms with Crippen molar-refractivity contribution in [2.24, 2.45) is 0 Å². The van der Waals surface area contributed by atoms with Crippen molar-refractivity contribution in [2.45, 2.75) is 32.6 Å². The molecular weight excluding hydrogens is 217 g/mol. The monoisotopic (exact) mass is 235 g/mol. The van der Waals surface area contributed by atoms with Gasteiger partial charge in [0.25, 0.3) is 0 Å². The van der Waals surface area contributed by atoms with E-state index in [4.69, 9.17) is 0 Å². The molecule has 1 fully saturated rings. The van der Waals surface area contributed by atoms with E-state index in [-0.39, 0.29) is 17.6 Å². The van der Waals surface area contributed by atoms with Gasteiger partial charge in [-0.15, -0.1) is 0 Å². The molecule has 0 aliphatic carbocycles. The normalized spacial score (nSPS) is 17.2. The molecule has 0 bridgehead atoms. The minimum Gasteiger partial charge on any atom is -0.343 e. The molecule has 1 aliphatic heterocycles. The summed E-state index contributed by atoms with van der Waals surface area (Å²) in [6.07, 6.45) is 1.72. The summed E-state index contributed by atoms with van der Waals surface area (Å²) in [7, 11) is 0. The molecule has 0 aromatic heterocycles. The zero-order chi connectivity index (χ0) is 12.4. The molecule has 3 heteroatoms. The maximum atomic E-state index is 13.7. The van der Waals surface area contributed by atoms with Crippen LogP contribution >= 0.6 is 0 Å². The molecule has 0 atom stereocenters. The quantitative estimate of drug-likeness (QED) is 0.733. The van der Waals surface area contributed by atoms with Gasteiger partial charge in [-0.1, -0.05) is 17.7 Å². The number of likely N-dealkylation sites (tertiary alicyclic amines) is 1. The molecule has 1 aliphatic rings. The maximum Gasteiger partial charge on any atom is 0.219 e. The van der Waals surface area contributed by atoms with Crippen molar-refractivity contribution in [1.29, 1.82) is 0 Å². The Bertz CT molecular complexity index is 422. The first-order valence-corrected chi connectivity index (χ1v) is 6.09. The van der Waals surface area contributed by atoms with Crippen molar-refractivity contribution in [3.8, 4) is 0 Å². The molecule has 17 heavy (non-hydrogen) atoms. The lowest BCUT2D eigenvalue weighted by Crippen LogP contribution is -2.36. The lowest BCUT2D eigenvalue weighted by molar-refractivity contribution is -0.129. The first kappa shape index (κ1) is 12.1. The molecule has 0 N–H and O–H groups in total. The largest absolute Gasteiger partial charge is 0.343 e. The van der Waals surface area contributed by atoms with Crippen molar-refractivity contribution >= 4 is 5.91 Å². The third-order valence-corrected chi connectivity index (χ3v) is 3.53. The molecule has 1 heterocycles. The molecule has 1 aromatic rings. The lowest BCUT2D eigenvalue weighted by Gasteiger charge is -2.31. The number of nitrogens with zero attached hydrogens (tertiary/aromatic N) is 1. The van der Waals surface area contributed by atoms with Gasteiger partial charge in [0, 0.05) is 20.0 Å². The van der Waals surface area contributed by atoms with Crippen LogP contribution in [0.5, 0.6) is 0 Å². The number of aryl methyl sites for hydroxylation is 1. The van der Waals surface area contributed by atoms with Crippen molar-refractivity contribution in [3.63, 3.8) is 0 Å². The van der Waals surface area contributed by atoms with Crippen LogP contribution in [0.15, 0.2) is 18.2 Å². The van der Waals surface area contributed by atoms with Crippen LogP contribution in [-0.2, 0) is 4.79 Å². The summed E-state index contributed by atoms with van der Waals surface area (Å²) in [5.41, 5.74) is 1.91. The van der Waals surface area contributed by atoms with Crippen LogP contribution in [0.4, 0.5) is 4.39 Å². The number of benzene rings is 1. The minimum absolute atomic E-state index is 0.114. The highest BCUT2D eigenvalue weighted by Gasteiger charge is 2.23. The average molecular weight is 235 g/mol.